The number of nitrogens with one attached hydrogen (secondary N) is 1. The molecule has 1 rings (SSSR count). The molecule has 1 heterocycles. The van der Waals surface area contributed by atoms with Crippen molar-refractivity contribution in [3.63, 3.8) is 0 Å². The molecule has 0 spiro atoms. The van der Waals surface area contributed by atoms with Crippen LogP contribution in [-0.4, -0.2) is 15.9 Å². The molecule has 5 heteroatoms. The van der Waals surface area contributed by atoms with Gasteiger partial charge in [-0.2, -0.15) is 0 Å². The van der Waals surface area contributed by atoms with Crippen molar-refractivity contribution < 1.29 is 4.79 Å². The molecule has 0 aliphatic carbocycles. The molecule has 0 fully saturated rings. The number of hydrogen-bond donors (Lipinski definition) is 2. The van der Waals surface area contributed by atoms with Crippen LogP contribution in [0.25, 0.3) is 0 Å². The summed E-state index contributed by atoms with van der Waals surface area (Å²) >= 11 is 5.73. The molecule has 1 amide bonds. The minimum absolute atomic E-state index is 0.115. The van der Waals surface area contributed by atoms with Crippen molar-refractivity contribution in [1.29, 1.82) is 0 Å². The summed E-state index contributed by atoms with van der Waals surface area (Å²) in [5, 5.41) is 0.318. The Morgan fingerprint density at radius 3 is 2.50 bits per heavy atom. The average Bonchev–Trinajstić information content (AvgIpc) is 2.30. The third kappa shape index (κ3) is 1.58. The number of aromatic amines is 1. The lowest BCUT2D eigenvalue weighted by Gasteiger charge is -1.98. The Bertz CT molecular complexity index is 306. The van der Waals surface area contributed by atoms with E-state index in [-0.39, 0.29) is 11.7 Å². The number of carbonyl (C=O) groups excluding carboxylic acids is 1. The number of primary amides is 1. The number of rotatable bonds is 2. The van der Waals surface area contributed by atoms with E-state index in [1.807, 2.05) is 13.8 Å². The lowest BCUT2D eigenvalue weighted by molar-refractivity contribution is 0.0991. The fourth-order valence-corrected chi connectivity index (χ4v) is 1.21. The molecule has 0 saturated heterocycles. The van der Waals surface area contributed by atoms with Crippen LogP contribution in [0.3, 0.4) is 0 Å². The van der Waals surface area contributed by atoms with Crippen LogP contribution in [0.4, 0.5) is 0 Å². The lowest BCUT2D eigenvalue weighted by atomic mass is 10.2. The highest BCUT2D eigenvalue weighted by molar-refractivity contribution is 6.30. The maximum Gasteiger partial charge on any atom is 0.284 e. The van der Waals surface area contributed by atoms with E-state index in [4.69, 9.17) is 17.3 Å². The highest BCUT2D eigenvalue weighted by Crippen LogP contribution is 2.20. The van der Waals surface area contributed by atoms with Gasteiger partial charge >= 0.3 is 0 Å². The van der Waals surface area contributed by atoms with Crippen molar-refractivity contribution in [2.75, 3.05) is 0 Å². The second-order valence-corrected chi connectivity index (χ2v) is 3.17. The highest BCUT2D eigenvalue weighted by Gasteiger charge is 2.13. The van der Waals surface area contributed by atoms with E-state index in [1.165, 1.54) is 0 Å². The number of aromatic nitrogens is 2. The van der Waals surface area contributed by atoms with Crippen molar-refractivity contribution >= 4 is 17.5 Å². The van der Waals surface area contributed by atoms with Crippen LogP contribution >= 0.6 is 11.6 Å². The summed E-state index contributed by atoms with van der Waals surface area (Å²) in [6, 6.07) is 0. The zero-order valence-corrected chi connectivity index (χ0v) is 7.64. The molecule has 0 atom stereocenters. The molecule has 0 saturated carbocycles. The number of imidazole rings is 1. The average molecular weight is 188 g/mol. The maximum atomic E-state index is 10.7. The number of amides is 1. The van der Waals surface area contributed by atoms with E-state index in [1.54, 1.807) is 0 Å². The maximum absolute atomic E-state index is 10.7. The molecular formula is C7H10ClN3O. The van der Waals surface area contributed by atoms with E-state index in [2.05, 4.69) is 9.97 Å². The normalized spacial score (nSPS) is 10.7. The Hall–Kier alpha value is -1.03. The summed E-state index contributed by atoms with van der Waals surface area (Å²) in [5.41, 5.74) is 5.75. The second-order valence-electron chi connectivity index (χ2n) is 2.81. The predicted octanol–water partition coefficient (Wildman–Crippen LogP) is 1.29. The zero-order chi connectivity index (χ0) is 9.30. The third-order valence-electron chi connectivity index (χ3n) is 1.50. The standard InChI is InChI=1S/C7H10ClN3O/c1-3(2)4-5(8)11-7(10-4)6(9)12/h3H,1-2H3,(H2,9,12)(H,10,11). The van der Waals surface area contributed by atoms with Gasteiger partial charge in [0.2, 0.25) is 0 Å². The zero-order valence-electron chi connectivity index (χ0n) is 6.89. The molecule has 4 nitrogen and oxygen atoms in total. The Morgan fingerprint density at radius 1 is 1.67 bits per heavy atom. The van der Waals surface area contributed by atoms with Crippen molar-refractivity contribution in [3.05, 3.63) is 16.7 Å². The molecule has 0 aromatic carbocycles. The van der Waals surface area contributed by atoms with Gasteiger partial charge in [-0.05, 0) is 5.92 Å². The molecule has 0 aliphatic heterocycles. The van der Waals surface area contributed by atoms with Crippen molar-refractivity contribution in [2.24, 2.45) is 5.73 Å². The lowest BCUT2D eigenvalue weighted by Crippen LogP contribution is -2.12. The Balaban J connectivity index is 3.09. The predicted molar refractivity (Wildman–Crippen MR) is 46.2 cm³/mol. The van der Waals surface area contributed by atoms with Crippen LogP contribution < -0.4 is 5.73 Å². The molecule has 1 aromatic heterocycles. The Morgan fingerprint density at radius 2 is 2.25 bits per heavy atom. The molecular weight excluding hydrogens is 178 g/mol. The van der Waals surface area contributed by atoms with E-state index in [0.29, 0.717) is 5.15 Å². The van der Waals surface area contributed by atoms with E-state index in [0.717, 1.165) is 5.69 Å². The topological polar surface area (TPSA) is 71.8 Å². The summed E-state index contributed by atoms with van der Waals surface area (Å²) in [4.78, 5) is 17.2. The number of halogens is 1. The SMILES string of the molecule is CC(C)c1[nH]c(C(N)=O)nc1Cl. The molecule has 0 radical (unpaired) electrons. The summed E-state index contributed by atoms with van der Waals surface area (Å²) in [5.74, 6) is -0.273. The molecule has 0 aliphatic rings. The van der Waals surface area contributed by atoms with Crippen LogP contribution in [0.2, 0.25) is 5.15 Å². The molecule has 0 bridgehead atoms. The quantitative estimate of drug-likeness (QED) is 0.732. The van der Waals surface area contributed by atoms with Gasteiger partial charge in [0.05, 0.1) is 5.69 Å². The first-order valence-electron chi connectivity index (χ1n) is 3.57. The summed E-state index contributed by atoms with van der Waals surface area (Å²) in [6.07, 6.45) is 0. The number of H-pyrrole nitrogens is 1. The third-order valence-corrected chi connectivity index (χ3v) is 1.78. The smallest absolute Gasteiger partial charge is 0.284 e. The van der Waals surface area contributed by atoms with Crippen LogP contribution in [0.5, 0.6) is 0 Å². The molecule has 0 unspecified atom stereocenters. The largest absolute Gasteiger partial charge is 0.363 e. The minimum atomic E-state index is -0.594. The van der Waals surface area contributed by atoms with Crippen LogP contribution in [0.15, 0.2) is 0 Å². The van der Waals surface area contributed by atoms with Gasteiger partial charge < -0.3 is 10.7 Å². The van der Waals surface area contributed by atoms with Gasteiger partial charge in [0.15, 0.2) is 11.0 Å². The molecule has 3 N–H and O–H groups in total. The first-order chi connectivity index (χ1) is 5.52. The highest BCUT2D eigenvalue weighted by atomic mass is 35.5. The second kappa shape index (κ2) is 3.15. The Labute approximate surface area is 75.1 Å². The number of nitrogens with zero attached hydrogens (tertiary/aromatic N) is 1. The number of hydrogen-bond acceptors (Lipinski definition) is 2. The minimum Gasteiger partial charge on any atom is -0.363 e. The first kappa shape index (κ1) is 9.06. The van der Waals surface area contributed by atoms with Crippen LogP contribution in [-0.2, 0) is 0 Å². The fourth-order valence-electron chi connectivity index (χ4n) is 0.865. The van der Waals surface area contributed by atoms with Gasteiger partial charge in [0.25, 0.3) is 5.91 Å². The fraction of sp³-hybridized carbons (Fsp3) is 0.429. The van der Waals surface area contributed by atoms with Gasteiger partial charge in [-0.3, -0.25) is 4.79 Å². The summed E-state index contributed by atoms with van der Waals surface area (Å²) < 4.78 is 0. The van der Waals surface area contributed by atoms with Gasteiger partial charge in [0.1, 0.15) is 0 Å². The first-order valence-corrected chi connectivity index (χ1v) is 3.95. The van der Waals surface area contributed by atoms with Crippen molar-refractivity contribution in [3.8, 4) is 0 Å². The van der Waals surface area contributed by atoms with E-state index in [9.17, 15) is 4.79 Å². The monoisotopic (exact) mass is 187 g/mol. The number of carbonyl (C=O) groups is 1. The van der Waals surface area contributed by atoms with E-state index >= 15 is 0 Å². The molecule has 12 heavy (non-hydrogen) atoms. The van der Waals surface area contributed by atoms with Crippen LogP contribution in [0.1, 0.15) is 36.1 Å². The van der Waals surface area contributed by atoms with Crippen LogP contribution in [0, 0.1) is 0 Å². The van der Waals surface area contributed by atoms with Crippen molar-refractivity contribution in [1.82, 2.24) is 9.97 Å². The van der Waals surface area contributed by atoms with Gasteiger partial charge in [-0.15, -0.1) is 0 Å². The molecule has 66 valence electrons. The summed E-state index contributed by atoms with van der Waals surface area (Å²) in [7, 11) is 0. The van der Waals surface area contributed by atoms with Crippen molar-refractivity contribution in [2.45, 2.75) is 19.8 Å². The molecule has 1 aromatic rings. The van der Waals surface area contributed by atoms with Gasteiger partial charge in [-0.1, -0.05) is 25.4 Å². The summed E-state index contributed by atoms with van der Waals surface area (Å²) in [6.45, 7) is 3.90. The van der Waals surface area contributed by atoms with Gasteiger partial charge in [-0.25, -0.2) is 4.98 Å². The van der Waals surface area contributed by atoms with Gasteiger partial charge in [0, 0.05) is 0 Å². The number of nitrogens with two attached hydrogens (primary N) is 1. The Kier molecular flexibility index (Phi) is 2.38. The van der Waals surface area contributed by atoms with E-state index < -0.39 is 5.91 Å².